The van der Waals surface area contributed by atoms with Gasteiger partial charge in [-0.15, -0.1) is 0 Å². The Bertz CT molecular complexity index is 995. The second kappa shape index (κ2) is 7.33. The summed E-state index contributed by atoms with van der Waals surface area (Å²) in [5, 5.41) is 9.83. The highest BCUT2D eigenvalue weighted by Gasteiger charge is 2.82. The van der Waals surface area contributed by atoms with Gasteiger partial charge in [-0.05, 0) is 104 Å². The van der Waals surface area contributed by atoms with Crippen molar-refractivity contribution >= 4 is 5.78 Å². The lowest BCUT2D eigenvalue weighted by molar-refractivity contribution is -0.142. The second-order valence-corrected chi connectivity index (χ2v) is 14.6. The van der Waals surface area contributed by atoms with Crippen molar-refractivity contribution in [2.75, 3.05) is 0 Å². The molecule has 0 N–H and O–H groups in total. The lowest BCUT2D eigenvalue weighted by Crippen LogP contribution is -2.56. The van der Waals surface area contributed by atoms with Gasteiger partial charge in [0.1, 0.15) is 6.07 Å². The van der Waals surface area contributed by atoms with E-state index in [1.807, 2.05) is 0 Å². The first-order valence-corrected chi connectivity index (χ1v) is 14.2. The average molecular weight is 462 g/mol. The molecule has 2 spiro atoms. The molecule has 34 heavy (non-hydrogen) atoms. The van der Waals surface area contributed by atoms with E-state index in [0.29, 0.717) is 33.7 Å². The number of nitrogens with zero attached hydrogens (tertiary/aromatic N) is 1. The van der Waals surface area contributed by atoms with Crippen LogP contribution in [0.4, 0.5) is 0 Å². The molecule has 0 amide bonds. The van der Waals surface area contributed by atoms with Crippen molar-refractivity contribution in [1.29, 1.82) is 5.26 Å². The van der Waals surface area contributed by atoms with Crippen LogP contribution >= 0.6 is 0 Å². The highest BCUT2D eigenvalue weighted by molar-refractivity contribution is 6.04. The average Bonchev–Trinajstić information content (AvgIpc) is 3.36. The Hall–Kier alpha value is -1.36. The summed E-state index contributed by atoms with van der Waals surface area (Å²) in [6, 6.07) is 2.31. The fourth-order valence-electron chi connectivity index (χ4n) is 10.7. The fraction of sp³-hybridized carbons (Fsp3) is 0.812. The Morgan fingerprint density at radius 1 is 1.06 bits per heavy atom. The SMILES string of the molecule is C=C(CC[C@@H](C)[C@H]1CC[C@@]2(C)[C@@H]3CC[C@H]4C(C)(C)C(=O)C(C#N)=C[C@@]45C[C@@]35CC[C@]12C)C(C)C. The number of fused-ring (bicyclic) bond motifs is 2. The zero-order valence-corrected chi connectivity index (χ0v) is 22.9. The Morgan fingerprint density at radius 3 is 2.38 bits per heavy atom. The van der Waals surface area contributed by atoms with Crippen molar-refractivity contribution in [3.8, 4) is 6.07 Å². The lowest BCUT2D eigenvalue weighted by atomic mass is 9.42. The number of rotatable bonds is 5. The summed E-state index contributed by atoms with van der Waals surface area (Å²) >= 11 is 0. The Labute approximate surface area is 208 Å². The van der Waals surface area contributed by atoms with Crippen LogP contribution in [0.5, 0.6) is 0 Å². The standard InChI is InChI=1S/C32H47NO/c1-20(2)21(3)9-10-22(4)24-13-14-30(8)26-12-11-25-28(5,6)27(34)23(18-33)17-32(25)19-31(26,32)16-15-29(24,30)7/h17,20,22,24-26H,3,9-16,19H2,1-2,4-8H3/t22-,24-,25+,26+,29-,30+,31+,32-/m1/s1. The van der Waals surface area contributed by atoms with Crippen LogP contribution in [-0.4, -0.2) is 5.78 Å². The smallest absolute Gasteiger partial charge is 0.178 e. The van der Waals surface area contributed by atoms with E-state index in [1.165, 1.54) is 56.9 Å². The normalized spacial score (nSPS) is 47.0. The number of hydrogen-bond donors (Lipinski definition) is 0. The molecule has 0 heterocycles. The van der Waals surface area contributed by atoms with Gasteiger partial charge in [0, 0.05) is 10.8 Å². The maximum atomic E-state index is 13.1. The van der Waals surface area contributed by atoms with Gasteiger partial charge in [0.25, 0.3) is 0 Å². The summed E-state index contributed by atoms with van der Waals surface area (Å²) in [5.41, 5.74) is 2.67. The number of nitriles is 1. The molecule has 4 saturated carbocycles. The number of allylic oxidation sites excluding steroid dienone is 3. The molecule has 0 radical (unpaired) electrons. The summed E-state index contributed by atoms with van der Waals surface area (Å²) in [4.78, 5) is 13.1. The molecule has 0 bridgehead atoms. The number of carbonyl (C=O) groups excluding carboxylic acids is 1. The van der Waals surface area contributed by atoms with Crippen LogP contribution in [0.15, 0.2) is 23.8 Å². The van der Waals surface area contributed by atoms with E-state index in [4.69, 9.17) is 0 Å². The van der Waals surface area contributed by atoms with Gasteiger partial charge in [0.2, 0.25) is 0 Å². The van der Waals surface area contributed by atoms with Gasteiger partial charge in [0.05, 0.1) is 5.57 Å². The largest absolute Gasteiger partial charge is 0.293 e. The Morgan fingerprint density at radius 2 is 1.74 bits per heavy atom. The van der Waals surface area contributed by atoms with E-state index in [1.54, 1.807) is 0 Å². The number of carbonyl (C=O) groups is 1. The van der Waals surface area contributed by atoms with Gasteiger partial charge in [0.15, 0.2) is 5.78 Å². The Kier molecular flexibility index (Phi) is 5.25. The molecule has 0 aliphatic heterocycles. The molecule has 186 valence electrons. The van der Waals surface area contributed by atoms with Crippen molar-refractivity contribution in [1.82, 2.24) is 0 Å². The third kappa shape index (κ3) is 2.77. The highest BCUT2D eigenvalue weighted by Crippen LogP contribution is 2.88. The third-order valence-corrected chi connectivity index (χ3v) is 13.0. The zero-order valence-electron chi connectivity index (χ0n) is 22.9. The molecular formula is C32H47NO. The van der Waals surface area contributed by atoms with Gasteiger partial charge in [-0.1, -0.05) is 66.7 Å². The molecule has 0 unspecified atom stereocenters. The van der Waals surface area contributed by atoms with Crippen LogP contribution in [-0.2, 0) is 4.79 Å². The highest BCUT2D eigenvalue weighted by atomic mass is 16.1. The molecular weight excluding hydrogens is 414 g/mol. The first-order chi connectivity index (χ1) is 15.8. The molecule has 4 fully saturated rings. The van der Waals surface area contributed by atoms with Crippen LogP contribution in [0.25, 0.3) is 0 Å². The summed E-state index contributed by atoms with van der Waals surface area (Å²) in [6.07, 6.45) is 13.6. The molecule has 2 nitrogen and oxygen atoms in total. The summed E-state index contributed by atoms with van der Waals surface area (Å²) < 4.78 is 0. The number of Topliss-reactive ketones (excluding diaryl/α,β-unsaturated/α-hetero) is 1. The molecule has 5 aliphatic rings. The summed E-state index contributed by atoms with van der Waals surface area (Å²) in [6.45, 7) is 21.0. The van der Waals surface area contributed by atoms with Crippen LogP contribution in [0.3, 0.4) is 0 Å². The van der Waals surface area contributed by atoms with Gasteiger partial charge in [-0.25, -0.2) is 0 Å². The van der Waals surface area contributed by atoms with E-state index < -0.39 is 5.41 Å². The fourth-order valence-corrected chi connectivity index (χ4v) is 10.7. The van der Waals surface area contributed by atoms with Gasteiger partial charge < -0.3 is 0 Å². The molecule has 0 aromatic rings. The maximum Gasteiger partial charge on any atom is 0.178 e. The van der Waals surface area contributed by atoms with Crippen molar-refractivity contribution in [2.45, 2.75) is 106 Å². The van der Waals surface area contributed by atoms with E-state index in [0.717, 1.165) is 24.2 Å². The minimum absolute atomic E-state index is 0.0933. The van der Waals surface area contributed by atoms with E-state index in [-0.39, 0.29) is 11.2 Å². The quantitative estimate of drug-likeness (QED) is 0.386. The lowest BCUT2D eigenvalue weighted by Gasteiger charge is -2.62. The second-order valence-electron chi connectivity index (χ2n) is 14.6. The van der Waals surface area contributed by atoms with Gasteiger partial charge in [-0.2, -0.15) is 5.26 Å². The van der Waals surface area contributed by atoms with E-state index in [2.05, 4.69) is 67.2 Å². The third-order valence-electron chi connectivity index (χ3n) is 13.0. The van der Waals surface area contributed by atoms with Crippen molar-refractivity contribution in [2.24, 2.45) is 56.7 Å². The Balaban J connectivity index is 1.45. The predicted molar refractivity (Wildman–Crippen MR) is 139 cm³/mol. The minimum atomic E-state index is -0.401. The number of ketones is 1. The molecule has 8 atom stereocenters. The monoisotopic (exact) mass is 461 g/mol. The van der Waals surface area contributed by atoms with Crippen molar-refractivity contribution in [3.05, 3.63) is 23.8 Å². The molecule has 5 rings (SSSR count). The number of hydrogen-bond acceptors (Lipinski definition) is 2. The zero-order chi connectivity index (χ0) is 24.9. The van der Waals surface area contributed by atoms with Crippen LogP contribution in [0, 0.1) is 68.0 Å². The predicted octanol–water partition coefficient (Wildman–Crippen LogP) is 8.29. The van der Waals surface area contributed by atoms with Crippen LogP contribution < -0.4 is 0 Å². The summed E-state index contributed by atoms with van der Waals surface area (Å²) in [5.74, 6) is 3.38. The molecule has 2 heteroatoms. The first kappa shape index (κ1) is 24.3. The topological polar surface area (TPSA) is 40.9 Å². The minimum Gasteiger partial charge on any atom is -0.293 e. The van der Waals surface area contributed by atoms with Gasteiger partial charge >= 0.3 is 0 Å². The van der Waals surface area contributed by atoms with Gasteiger partial charge in [-0.3, -0.25) is 4.79 Å². The van der Waals surface area contributed by atoms with E-state index >= 15 is 0 Å². The summed E-state index contributed by atoms with van der Waals surface area (Å²) in [7, 11) is 0. The van der Waals surface area contributed by atoms with Crippen LogP contribution in [0.1, 0.15) is 106 Å². The molecule has 0 aromatic carbocycles. The first-order valence-electron chi connectivity index (χ1n) is 14.2. The van der Waals surface area contributed by atoms with Crippen molar-refractivity contribution < 1.29 is 4.79 Å². The van der Waals surface area contributed by atoms with Crippen LogP contribution in [0.2, 0.25) is 0 Å². The maximum absolute atomic E-state index is 13.1. The van der Waals surface area contributed by atoms with E-state index in [9.17, 15) is 10.1 Å². The molecule has 0 saturated heterocycles. The molecule has 0 aromatic heterocycles. The van der Waals surface area contributed by atoms with Crippen molar-refractivity contribution in [3.63, 3.8) is 0 Å². The molecule has 5 aliphatic carbocycles.